The number of halogens is 2. The van der Waals surface area contributed by atoms with Crippen LogP contribution < -0.4 is 10.1 Å². The maximum absolute atomic E-state index is 13.0. The van der Waals surface area contributed by atoms with E-state index >= 15 is 0 Å². The van der Waals surface area contributed by atoms with Gasteiger partial charge >= 0.3 is 6.03 Å². The molecule has 4 rings (SSSR count). The molecule has 1 unspecified atom stereocenters. The van der Waals surface area contributed by atoms with Crippen molar-refractivity contribution in [2.45, 2.75) is 25.6 Å². The Morgan fingerprint density at radius 3 is 2.69 bits per heavy atom. The molecule has 6 nitrogen and oxygen atoms in total. The van der Waals surface area contributed by atoms with Crippen LogP contribution in [0, 0.1) is 5.82 Å². The number of rotatable bonds is 6. The minimum Gasteiger partial charge on any atom is -0.486 e. The number of urea groups is 1. The molecule has 0 bridgehead atoms. The van der Waals surface area contributed by atoms with E-state index in [2.05, 4.69) is 26.2 Å². The number of amides is 3. The van der Waals surface area contributed by atoms with E-state index in [1.807, 2.05) is 12.1 Å². The van der Waals surface area contributed by atoms with Gasteiger partial charge in [0.05, 0.1) is 16.0 Å². The summed E-state index contributed by atoms with van der Waals surface area (Å²) in [5.41, 5.74) is -0.481. The maximum Gasteiger partial charge on any atom is 0.325 e. The lowest BCUT2D eigenvalue weighted by Crippen LogP contribution is -2.40. The van der Waals surface area contributed by atoms with Crippen LogP contribution in [0.3, 0.4) is 0 Å². The highest BCUT2D eigenvalue weighted by Gasteiger charge is 2.49. The average molecular weight is 496 g/mol. The lowest BCUT2D eigenvalue weighted by atomic mass is 10.0. The van der Waals surface area contributed by atoms with Crippen molar-refractivity contribution in [1.82, 2.24) is 15.2 Å². The number of thiophene rings is 1. The van der Waals surface area contributed by atoms with Gasteiger partial charge in [-0.05, 0) is 59.3 Å². The van der Waals surface area contributed by atoms with Crippen molar-refractivity contribution >= 4 is 50.5 Å². The third-order valence-corrected chi connectivity index (χ3v) is 7.15. The first kappa shape index (κ1) is 20.0. The number of benzene rings is 1. The van der Waals surface area contributed by atoms with Gasteiger partial charge in [0.2, 0.25) is 0 Å². The Morgan fingerprint density at radius 2 is 2.00 bits per heavy atom. The predicted molar refractivity (Wildman–Crippen MR) is 111 cm³/mol. The molecule has 10 heteroatoms. The smallest absolute Gasteiger partial charge is 0.325 e. The zero-order chi connectivity index (χ0) is 20.6. The molecule has 29 heavy (non-hydrogen) atoms. The summed E-state index contributed by atoms with van der Waals surface area (Å²) in [6.45, 7) is 2.01. The predicted octanol–water partition coefficient (Wildman–Crippen LogP) is 4.65. The minimum atomic E-state index is -1.09. The fraction of sp³-hybridized carbons (Fsp3) is 0.211. The largest absolute Gasteiger partial charge is 0.486 e. The molecule has 0 spiro atoms. The van der Waals surface area contributed by atoms with E-state index in [0.717, 1.165) is 8.66 Å². The van der Waals surface area contributed by atoms with Crippen molar-refractivity contribution in [1.29, 1.82) is 0 Å². The molecule has 0 aliphatic carbocycles. The Labute approximate surface area is 182 Å². The van der Waals surface area contributed by atoms with Crippen LogP contribution in [-0.2, 0) is 23.5 Å². The van der Waals surface area contributed by atoms with Gasteiger partial charge < -0.3 is 10.1 Å². The Kier molecular flexibility index (Phi) is 5.41. The second-order valence-electron chi connectivity index (χ2n) is 6.53. The highest BCUT2D eigenvalue weighted by atomic mass is 79.9. The number of nitrogens with zero attached hydrogens (tertiary/aromatic N) is 2. The summed E-state index contributed by atoms with van der Waals surface area (Å²) in [7, 11) is 0. The zero-order valence-electron chi connectivity index (χ0n) is 15.1. The van der Waals surface area contributed by atoms with E-state index in [-0.39, 0.29) is 24.9 Å². The van der Waals surface area contributed by atoms with Gasteiger partial charge in [0.25, 0.3) is 5.91 Å². The first-order valence-electron chi connectivity index (χ1n) is 8.57. The van der Waals surface area contributed by atoms with Gasteiger partial charge in [-0.2, -0.15) is 0 Å². The normalized spacial score (nSPS) is 18.9. The number of imide groups is 1. The van der Waals surface area contributed by atoms with Gasteiger partial charge in [0, 0.05) is 10.3 Å². The Balaban J connectivity index is 1.42. The van der Waals surface area contributed by atoms with Crippen molar-refractivity contribution in [3.63, 3.8) is 0 Å². The molecule has 2 aromatic heterocycles. The summed E-state index contributed by atoms with van der Waals surface area (Å²) in [6, 6.07) is 8.96. The van der Waals surface area contributed by atoms with Crippen LogP contribution in [0.15, 0.2) is 45.6 Å². The number of ether oxygens (including phenoxy) is 1. The third kappa shape index (κ3) is 4.05. The highest BCUT2D eigenvalue weighted by Crippen LogP contribution is 2.36. The lowest BCUT2D eigenvalue weighted by Gasteiger charge is -2.19. The molecule has 0 radical (unpaired) electrons. The van der Waals surface area contributed by atoms with Crippen molar-refractivity contribution in [3.8, 4) is 5.75 Å². The second kappa shape index (κ2) is 7.85. The number of nitrogens with one attached hydrogen (secondary N) is 1. The van der Waals surface area contributed by atoms with Crippen molar-refractivity contribution in [3.05, 3.63) is 67.0 Å². The summed E-state index contributed by atoms with van der Waals surface area (Å²) in [5, 5.41) is 5.27. The average Bonchev–Trinajstić information content (AvgIpc) is 3.38. The SMILES string of the molecule is CC1(c2ccc(Br)s2)NC(=O)N(Cc2csc(COc3ccc(F)cc3)n2)C1=O. The number of aromatic nitrogens is 1. The van der Waals surface area contributed by atoms with Gasteiger partial charge in [0.15, 0.2) is 5.54 Å². The monoisotopic (exact) mass is 495 g/mol. The topological polar surface area (TPSA) is 71.5 Å². The van der Waals surface area contributed by atoms with Crippen LogP contribution in [0.25, 0.3) is 0 Å². The quantitative estimate of drug-likeness (QED) is 0.505. The van der Waals surface area contributed by atoms with Crippen molar-refractivity contribution in [2.24, 2.45) is 0 Å². The standard InChI is InChI=1S/C19H15BrFN3O3S2/c1-19(14-6-7-15(20)29-14)17(25)24(18(26)23-19)8-12-10-28-16(22-12)9-27-13-4-2-11(21)3-5-13/h2-7,10H,8-9H2,1H3,(H,23,26). The molecule has 1 saturated heterocycles. The molecule has 3 heterocycles. The van der Waals surface area contributed by atoms with Crippen molar-refractivity contribution < 1.29 is 18.7 Å². The molecule has 1 N–H and O–H groups in total. The summed E-state index contributed by atoms with van der Waals surface area (Å²) in [5.74, 6) is -0.103. The fourth-order valence-corrected chi connectivity index (χ4v) is 5.09. The van der Waals surface area contributed by atoms with E-state index in [1.54, 1.807) is 24.4 Å². The number of thiazole rings is 1. The molecule has 3 amide bonds. The summed E-state index contributed by atoms with van der Waals surface area (Å²) in [6.07, 6.45) is 0. The van der Waals surface area contributed by atoms with Crippen LogP contribution in [0.1, 0.15) is 22.5 Å². The van der Waals surface area contributed by atoms with Gasteiger partial charge in [-0.15, -0.1) is 22.7 Å². The number of carbonyl (C=O) groups excluding carboxylic acids is 2. The van der Waals surface area contributed by atoms with Gasteiger partial charge in [-0.25, -0.2) is 14.2 Å². The Hall–Kier alpha value is -2.30. The van der Waals surface area contributed by atoms with Crippen molar-refractivity contribution in [2.75, 3.05) is 0 Å². The number of carbonyl (C=O) groups is 2. The second-order valence-corrected chi connectivity index (χ2v) is 9.93. The van der Waals surface area contributed by atoms with Crippen LogP contribution >= 0.6 is 38.6 Å². The summed E-state index contributed by atoms with van der Waals surface area (Å²) >= 11 is 6.17. The number of hydrogen-bond acceptors (Lipinski definition) is 6. The Bertz CT molecular complexity index is 1070. The molecular weight excluding hydrogens is 481 g/mol. The molecule has 150 valence electrons. The first-order chi connectivity index (χ1) is 13.8. The fourth-order valence-electron chi connectivity index (χ4n) is 2.92. The van der Waals surface area contributed by atoms with Gasteiger partial charge in [0.1, 0.15) is 23.2 Å². The summed E-state index contributed by atoms with van der Waals surface area (Å²) < 4.78 is 19.4. The minimum absolute atomic E-state index is 0.0832. The van der Waals surface area contributed by atoms with E-state index in [4.69, 9.17) is 4.74 Å². The molecular formula is C19H15BrFN3O3S2. The zero-order valence-corrected chi connectivity index (χ0v) is 18.4. The molecule has 1 aromatic carbocycles. The van der Waals surface area contributed by atoms with E-state index in [0.29, 0.717) is 16.5 Å². The third-order valence-electron chi connectivity index (χ3n) is 4.44. The van der Waals surface area contributed by atoms with Crippen LogP contribution in [0.2, 0.25) is 0 Å². The molecule has 1 atom stereocenters. The number of hydrogen-bond donors (Lipinski definition) is 1. The molecule has 1 aliphatic heterocycles. The summed E-state index contributed by atoms with van der Waals surface area (Å²) in [4.78, 5) is 31.8. The molecule has 1 fully saturated rings. The van der Waals surface area contributed by atoms with E-state index in [9.17, 15) is 14.0 Å². The highest BCUT2D eigenvalue weighted by molar-refractivity contribution is 9.11. The molecule has 3 aromatic rings. The van der Waals surface area contributed by atoms with Crippen LogP contribution in [-0.4, -0.2) is 21.8 Å². The van der Waals surface area contributed by atoms with Crippen LogP contribution in [0.4, 0.5) is 9.18 Å². The molecule has 0 saturated carbocycles. The van der Waals surface area contributed by atoms with Gasteiger partial charge in [-0.1, -0.05) is 0 Å². The molecule has 1 aliphatic rings. The lowest BCUT2D eigenvalue weighted by molar-refractivity contribution is -0.131. The first-order valence-corrected chi connectivity index (χ1v) is 11.1. The Morgan fingerprint density at radius 1 is 1.24 bits per heavy atom. The van der Waals surface area contributed by atoms with E-state index in [1.165, 1.54) is 39.7 Å². The maximum atomic E-state index is 13.0. The van der Waals surface area contributed by atoms with Crippen LogP contribution in [0.5, 0.6) is 5.75 Å². The van der Waals surface area contributed by atoms with Gasteiger partial charge in [-0.3, -0.25) is 9.69 Å². The van der Waals surface area contributed by atoms with E-state index < -0.39 is 11.6 Å².